The zero-order valence-corrected chi connectivity index (χ0v) is 21.0. The maximum atomic E-state index is 11.8. The van der Waals surface area contributed by atoms with Crippen LogP contribution in [-0.4, -0.2) is 50.8 Å². The van der Waals surface area contributed by atoms with Crippen LogP contribution in [0, 0.1) is 11.8 Å². The molecule has 0 heterocycles. The molecule has 0 spiro atoms. The molecule has 2 aliphatic carbocycles. The first-order chi connectivity index (χ1) is 14.6. The van der Waals surface area contributed by atoms with Crippen molar-refractivity contribution in [2.24, 2.45) is 16.8 Å². The Morgan fingerprint density at radius 1 is 1.10 bits per heavy atom. The highest BCUT2D eigenvalue weighted by Gasteiger charge is 2.29. The number of halogens is 1. The van der Waals surface area contributed by atoms with Gasteiger partial charge in [0.25, 0.3) is 0 Å². The van der Waals surface area contributed by atoms with E-state index in [-0.39, 0.29) is 41.9 Å². The number of anilines is 1. The van der Waals surface area contributed by atoms with Crippen LogP contribution in [-0.2, 0) is 9.53 Å². The average Bonchev–Trinajstić information content (AvgIpc) is 3.62. The lowest BCUT2D eigenvalue weighted by Crippen LogP contribution is -2.38. The van der Waals surface area contributed by atoms with Crippen molar-refractivity contribution >= 4 is 41.5 Å². The van der Waals surface area contributed by atoms with Gasteiger partial charge in [-0.3, -0.25) is 9.79 Å². The minimum atomic E-state index is 0. The second kappa shape index (κ2) is 13.8. The van der Waals surface area contributed by atoms with E-state index in [1.165, 1.54) is 12.8 Å². The Kier molecular flexibility index (Phi) is 11.4. The summed E-state index contributed by atoms with van der Waals surface area (Å²) in [5, 5.41) is 9.60. The Labute approximate surface area is 203 Å². The predicted molar refractivity (Wildman–Crippen MR) is 135 cm³/mol. The van der Waals surface area contributed by atoms with E-state index in [1.54, 1.807) is 0 Å². The van der Waals surface area contributed by atoms with E-state index in [0.29, 0.717) is 25.6 Å². The molecule has 2 saturated carbocycles. The van der Waals surface area contributed by atoms with Gasteiger partial charge in [0.2, 0.25) is 5.91 Å². The number of guanidine groups is 1. The van der Waals surface area contributed by atoms with Gasteiger partial charge < -0.3 is 25.4 Å². The molecule has 7 nitrogen and oxygen atoms in total. The quantitative estimate of drug-likeness (QED) is 0.152. The number of nitrogens with one attached hydrogen (secondary N) is 3. The van der Waals surface area contributed by atoms with Gasteiger partial charge in [0.1, 0.15) is 5.75 Å². The van der Waals surface area contributed by atoms with E-state index >= 15 is 0 Å². The first-order valence-electron chi connectivity index (χ1n) is 11.3. The van der Waals surface area contributed by atoms with Gasteiger partial charge in [-0.1, -0.05) is 0 Å². The molecule has 2 fully saturated rings. The van der Waals surface area contributed by atoms with E-state index in [9.17, 15) is 4.79 Å². The van der Waals surface area contributed by atoms with Gasteiger partial charge in [0, 0.05) is 44.5 Å². The number of ether oxygens (including phenoxy) is 2. The molecule has 1 amide bonds. The fraction of sp³-hybridized carbons (Fsp3) is 0.652. The minimum absolute atomic E-state index is 0. The lowest BCUT2D eigenvalue weighted by Gasteiger charge is -2.14. The second-order valence-corrected chi connectivity index (χ2v) is 8.41. The molecule has 3 N–H and O–H groups in total. The molecule has 0 saturated heterocycles. The molecular formula is C23H37IN4O3. The highest BCUT2D eigenvalue weighted by atomic mass is 127. The first-order valence-corrected chi connectivity index (χ1v) is 11.3. The van der Waals surface area contributed by atoms with Crippen LogP contribution < -0.4 is 20.7 Å². The van der Waals surface area contributed by atoms with Crippen molar-refractivity contribution in [3.63, 3.8) is 0 Å². The van der Waals surface area contributed by atoms with Crippen molar-refractivity contribution in [3.05, 3.63) is 24.3 Å². The maximum Gasteiger partial charge on any atom is 0.223 e. The first kappa shape index (κ1) is 25.7. The van der Waals surface area contributed by atoms with E-state index in [1.807, 2.05) is 38.1 Å². The third-order valence-corrected chi connectivity index (χ3v) is 4.92. The molecule has 0 atom stereocenters. The van der Waals surface area contributed by atoms with Crippen LogP contribution in [0.3, 0.4) is 0 Å². The molecule has 0 unspecified atom stereocenters. The lowest BCUT2D eigenvalue weighted by atomic mass is 10.3. The molecule has 1 aromatic carbocycles. The maximum absolute atomic E-state index is 11.8. The smallest absolute Gasteiger partial charge is 0.223 e. The summed E-state index contributed by atoms with van der Waals surface area (Å²) in [5.41, 5.74) is 0.935. The third-order valence-electron chi connectivity index (χ3n) is 4.92. The summed E-state index contributed by atoms with van der Waals surface area (Å²) in [6, 6.07) is 7.84. The van der Waals surface area contributed by atoms with Crippen LogP contribution in [0.2, 0.25) is 0 Å². The Bertz CT molecular complexity index is 689. The molecule has 31 heavy (non-hydrogen) atoms. The number of amides is 1. The van der Waals surface area contributed by atoms with Gasteiger partial charge in [-0.25, -0.2) is 0 Å². The number of benzene rings is 1. The summed E-state index contributed by atoms with van der Waals surface area (Å²) < 4.78 is 11.4. The average molecular weight is 544 g/mol. The van der Waals surface area contributed by atoms with Gasteiger partial charge in [-0.15, -0.1) is 24.0 Å². The lowest BCUT2D eigenvalue weighted by molar-refractivity contribution is -0.122. The highest BCUT2D eigenvalue weighted by Crippen LogP contribution is 2.29. The zero-order valence-electron chi connectivity index (χ0n) is 18.7. The molecule has 8 heteroatoms. The van der Waals surface area contributed by atoms with Crippen LogP contribution >= 0.6 is 24.0 Å². The number of hydrogen-bond donors (Lipinski definition) is 3. The fourth-order valence-electron chi connectivity index (χ4n) is 2.91. The van der Waals surface area contributed by atoms with Gasteiger partial charge in [0.15, 0.2) is 5.96 Å². The number of aliphatic imine (C=N–C) groups is 1. The third kappa shape index (κ3) is 11.0. The molecule has 0 bridgehead atoms. The Balaban J connectivity index is 0.00000341. The summed E-state index contributed by atoms with van der Waals surface area (Å²) in [6.07, 6.45) is 5.71. The van der Waals surface area contributed by atoms with E-state index in [0.717, 1.165) is 49.8 Å². The van der Waals surface area contributed by atoms with Crippen molar-refractivity contribution in [2.45, 2.75) is 52.1 Å². The van der Waals surface area contributed by atoms with Crippen molar-refractivity contribution < 1.29 is 14.3 Å². The molecular weight excluding hydrogens is 507 g/mol. The summed E-state index contributed by atoms with van der Waals surface area (Å²) in [7, 11) is 0. The summed E-state index contributed by atoms with van der Waals surface area (Å²) in [6.45, 7) is 7.54. The van der Waals surface area contributed by atoms with Gasteiger partial charge in [-0.05, 0) is 76.1 Å². The van der Waals surface area contributed by atoms with Crippen LogP contribution in [0.15, 0.2) is 29.3 Å². The predicted octanol–water partition coefficient (Wildman–Crippen LogP) is 3.79. The Morgan fingerprint density at radius 3 is 2.45 bits per heavy atom. The molecule has 174 valence electrons. The second-order valence-electron chi connectivity index (χ2n) is 8.41. The minimum Gasteiger partial charge on any atom is -0.491 e. The molecule has 1 aromatic rings. The fourth-order valence-corrected chi connectivity index (χ4v) is 2.91. The molecule has 3 rings (SSSR count). The van der Waals surface area contributed by atoms with Crippen molar-refractivity contribution in [3.8, 4) is 5.75 Å². The molecule has 2 aliphatic rings. The van der Waals surface area contributed by atoms with E-state index in [4.69, 9.17) is 9.47 Å². The SMILES string of the molecule is CC(C)Oc1ccc(NC(=NCCCOCC2CC2)NCCNC(=O)C2CC2)cc1.I. The number of carbonyl (C=O) groups is 1. The summed E-state index contributed by atoms with van der Waals surface area (Å²) in [5.74, 6) is 2.74. The van der Waals surface area contributed by atoms with Crippen LogP contribution in [0.5, 0.6) is 5.75 Å². The summed E-state index contributed by atoms with van der Waals surface area (Å²) >= 11 is 0. The van der Waals surface area contributed by atoms with E-state index in [2.05, 4.69) is 20.9 Å². The standard InChI is InChI=1S/C23H36N4O3.HI/c1-17(2)30-21-10-8-20(9-11-21)27-23(25-12-3-15-29-16-18-4-5-18)26-14-13-24-22(28)19-6-7-19;/h8-11,17-19H,3-7,12-16H2,1-2H3,(H,24,28)(H2,25,26,27);1H. The largest absolute Gasteiger partial charge is 0.491 e. The summed E-state index contributed by atoms with van der Waals surface area (Å²) in [4.78, 5) is 16.4. The molecule has 0 aliphatic heterocycles. The topological polar surface area (TPSA) is 84.0 Å². The van der Waals surface area contributed by atoms with Gasteiger partial charge in [0.05, 0.1) is 6.10 Å². The number of hydrogen-bond acceptors (Lipinski definition) is 4. The normalized spacial score (nSPS) is 15.9. The Hall–Kier alpha value is -1.55. The van der Waals surface area contributed by atoms with Crippen molar-refractivity contribution in [2.75, 3.05) is 38.2 Å². The van der Waals surface area contributed by atoms with Crippen molar-refractivity contribution in [1.82, 2.24) is 10.6 Å². The molecule has 0 radical (unpaired) electrons. The number of nitrogens with zero attached hydrogens (tertiary/aromatic N) is 1. The van der Waals surface area contributed by atoms with E-state index < -0.39 is 0 Å². The van der Waals surface area contributed by atoms with Crippen LogP contribution in [0.25, 0.3) is 0 Å². The van der Waals surface area contributed by atoms with Crippen LogP contribution in [0.1, 0.15) is 46.0 Å². The monoisotopic (exact) mass is 544 g/mol. The van der Waals surface area contributed by atoms with Crippen LogP contribution in [0.4, 0.5) is 5.69 Å². The number of rotatable bonds is 13. The number of carbonyl (C=O) groups excluding carboxylic acids is 1. The zero-order chi connectivity index (χ0) is 21.2. The van der Waals surface area contributed by atoms with Gasteiger partial charge in [-0.2, -0.15) is 0 Å². The van der Waals surface area contributed by atoms with Crippen molar-refractivity contribution in [1.29, 1.82) is 0 Å². The Morgan fingerprint density at radius 2 is 1.81 bits per heavy atom. The highest BCUT2D eigenvalue weighted by molar-refractivity contribution is 14.0. The van der Waals surface area contributed by atoms with Gasteiger partial charge >= 0.3 is 0 Å². The molecule has 0 aromatic heterocycles.